The average Bonchev–Trinajstić information content (AvgIpc) is 3.02. The van der Waals surface area contributed by atoms with Crippen LogP contribution in [0.1, 0.15) is 103 Å². The van der Waals surface area contributed by atoms with Gasteiger partial charge in [-0.2, -0.15) is 0 Å². The number of hydrogen-bond acceptors (Lipinski definition) is 7. The van der Waals surface area contributed by atoms with Crippen LogP contribution in [-0.4, -0.2) is 43.0 Å². The Labute approximate surface area is 260 Å². The smallest absolute Gasteiger partial charge is 0.305 e. The van der Waals surface area contributed by atoms with Gasteiger partial charge in [-0.1, -0.05) is 63.5 Å². The molecule has 0 radical (unpaired) electrons. The molecule has 2 N–H and O–H groups in total. The second-order valence-corrected chi connectivity index (χ2v) is 11.3. The number of methoxy groups -OCH3 is 2. The van der Waals surface area contributed by atoms with Gasteiger partial charge < -0.3 is 20.1 Å². The number of rotatable bonds is 20. The van der Waals surface area contributed by atoms with Crippen molar-refractivity contribution in [3.63, 3.8) is 0 Å². The number of benzene rings is 2. The number of aromatic nitrogens is 1. The van der Waals surface area contributed by atoms with Crippen molar-refractivity contribution in [2.24, 2.45) is 0 Å². The molecular weight excluding hydrogens is 558 g/mol. The minimum atomic E-state index is -0.159. The molecule has 0 bridgehead atoms. The second-order valence-electron chi connectivity index (χ2n) is 11.3. The van der Waals surface area contributed by atoms with Crippen LogP contribution < -0.4 is 10.6 Å². The maximum Gasteiger partial charge on any atom is 0.305 e. The standard InChI is InChI=1S/C35H47N3O6/c1-43-34(41)17-13-9-5-3-7-11-15-32(39)36-28-21-19-26-23-27-20-22-29(25-31(27)38-30(26)24-28)37-33(40)16-12-8-4-6-10-14-18-35(42)44-2/h19-25H,3-18H2,1-2H3,(H,36,39)(H,37,40). The number of nitrogens with one attached hydrogen (secondary N) is 2. The van der Waals surface area contributed by atoms with E-state index in [-0.39, 0.29) is 23.8 Å². The number of amides is 2. The highest BCUT2D eigenvalue weighted by molar-refractivity contribution is 5.99. The second kappa shape index (κ2) is 19.3. The molecule has 0 aliphatic carbocycles. The van der Waals surface area contributed by atoms with E-state index in [9.17, 15) is 19.2 Å². The zero-order chi connectivity index (χ0) is 31.6. The first-order valence-corrected chi connectivity index (χ1v) is 16.0. The van der Waals surface area contributed by atoms with E-state index in [1.54, 1.807) is 0 Å². The summed E-state index contributed by atoms with van der Waals surface area (Å²) < 4.78 is 9.30. The van der Waals surface area contributed by atoms with Gasteiger partial charge >= 0.3 is 11.9 Å². The number of esters is 2. The van der Waals surface area contributed by atoms with Crippen molar-refractivity contribution in [3.05, 3.63) is 42.5 Å². The van der Waals surface area contributed by atoms with E-state index in [0.29, 0.717) is 37.1 Å². The SMILES string of the molecule is COC(=O)CCCCCCCCC(=O)Nc1ccc2cc3ccc(NC(=O)CCCCCCCCC(=O)OC)cc3nc2c1. The minimum absolute atomic E-state index is 0.0145. The molecule has 44 heavy (non-hydrogen) atoms. The summed E-state index contributed by atoms with van der Waals surface area (Å²) in [5.41, 5.74) is 2.98. The molecule has 0 fully saturated rings. The Hall–Kier alpha value is -4.01. The van der Waals surface area contributed by atoms with Crippen LogP contribution in [0.5, 0.6) is 0 Å². The van der Waals surface area contributed by atoms with Gasteiger partial charge in [0.15, 0.2) is 0 Å². The minimum Gasteiger partial charge on any atom is -0.469 e. The van der Waals surface area contributed by atoms with Crippen molar-refractivity contribution in [3.8, 4) is 0 Å². The first-order valence-electron chi connectivity index (χ1n) is 16.0. The third-order valence-electron chi connectivity index (χ3n) is 7.71. The fraction of sp³-hybridized carbons (Fsp3) is 0.514. The molecule has 0 saturated carbocycles. The molecule has 0 unspecified atom stereocenters. The molecule has 9 heteroatoms. The van der Waals surface area contributed by atoms with Crippen molar-refractivity contribution >= 4 is 56.9 Å². The number of pyridine rings is 1. The lowest BCUT2D eigenvalue weighted by Gasteiger charge is -2.09. The molecule has 3 rings (SSSR count). The quantitative estimate of drug-likeness (QED) is 0.0763. The number of ether oxygens (including phenoxy) is 2. The molecule has 2 amide bonds. The van der Waals surface area contributed by atoms with Crippen LogP contribution >= 0.6 is 0 Å². The number of carbonyl (C=O) groups is 4. The summed E-state index contributed by atoms with van der Waals surface area (Å²) in [5.74, 6) is -0.348. The Morgan fingerprint density at radius 1 is 0.523 bits per heavy atom. The fourth-order valence-electron chi connectivity index (χ4n) is 5.15. The Bertz CT molecular complexity index is 1290. The third kappa shape index (κ3) is 12.7. The van der Waals surface area contributed by atoms with Crippen LogP contribution in [0.4, 0.5) is 11.4 Å². The summed E-state index contributed by atoms with van der Waals surface area (Å²) in [7, 11) is 2.82. The molecule has 0 spiro atoms. The number of fused-ring (bicyclic) bond motifs is 2. The lowest BCUT2D eigenvalue weighted by Crippen LogP contribution is -2.11. The van der Waals surface area contributed by atoms with Crippen molar-refractivity contribution in [2.75, 3.05) is 24.9 Å². The van der Waals surface area contributed by atoms with Gasteiger partial charge in [-0.05, 0) is 56.0 Å². The predicted molar refractivity (Wildman–Crippen MR) is 174 cm³/mol. The van der Waals surface area contributed by atoms with Crippen LogP contribution in [0.15, 0.2) is 42.5 Å². The summed E-state index contributed by atoms with van der Waals surface area (Å²) >= 11 is 0. The van der Waals surface area contributed by atoms with E-state index in [1.165, 1.54) is 14.2 Å². The van der Waals surface area contributed by atoms with Gasteiger partial charge in [-0.15, -0.1) is 0 Å². The van der Waals surface area contributed by atoms with E-state index < -0.39 is 0 Å². The topological polar surface area (TPSA) is 124 Å². The average molecular weight is 606 g/mol. The van der Waals surface area contributed by atoms with Gasteiger partial charge in [-0.25, -0.2) is 4.98 Å². The number of carbonyl (C=O) groups excluding carboxylic acids is 4. The van der Waals surface area contributed by atoms with E-state index in [0.717, 1.165) is 98.9 Å². The molecule has 2 aromatic carbocycles. The van der Waals surface area contributed by atoms with Crippen molar-refractivity contribution in [2.45, 2.75) is 103 Å². The fourth-order valence-corrected chi connectivity index (χ4v) is 5.15. The highest BCUT2D eigenvalue weighted by Gasteiger charge is 2.08. The highest BCUT2D eigenvalue weighted by atomic mass is 16.5. The van der Waals surface area contributed by atoms with Gasteiger partial charge in [0.05, 0.1) is 25.3 Å². The summed E-state index contributed by atoms with van der Waals surface area (Å²) in [6.07, 6.45) is 13.4. The maximum atomic E-state index is 12.5. The Morgan fingerprint density at radius 2 is 0.886 bits per heavy atom. The van der Waals surface area contributed by atoms with Crippen LogP contribution in [0.2, 0.25) is 0 Å². The van der Waals surface area contributed by atoms with Crippen LogP contribution in [0.3, 0.4) is 0 Å². The van der Waals surface area contributed by atoms with Crippen LogP contribution in [0.25, 0.3) is 21.8 Å². The van der Waals surface area contributed by atoms with Crippen LogP contribution in [0, 0.1) is 0 Å². The first-order chi connectivity index (χ1) is 21.4. The molecule has 238 valence electrons. The summed E-state index contributed by atoms with van der Waals surface area (Å²) in [4.78, 5) is 52.1. The molecule has 0 saturated heterocycles. The number of unbranched alkanes of at least 4 members (excludes halogenated alkanes) is 10. The van der Waals surface area contributed by atoms with Crippen molar-refractivity contribution in [1.29, 1.82) is 0 Å². The summed E-state index contributed by atoms with van der Waals surface area (Å²) in [6, 6.07) is 13.5. The number of hydrogen-bond donors (Lipinski definition) is 2. The monoisotopic (exact) mass is 605 g/mol. The molecule has 1 heterocycles. The van der Waals surface area contributed by atoms with Gasteiger partial charge in [0.2, 0.25) is 11.8 Å². The molecule has 1 aromatic heterocycles. The zero-order valence-electron chi connectivity index (χ0n) is 26.3. The Kier molecular flexibility index (Phi) is 15.1. The van der Waals surface area contributed by atoms with Gasteiger partial charge in [0, 0.05) is 47.8 Å². The first kappa shape index (κ1) is 34.5. The van der Waals surface area contributed by atoms with Gasteiger partial charge in [0.1, 0.15) is 0 Å². The zero-order valence-corrected chi connectivity index (χ0v) is 26.3. The van der Waals surface area contributed by atoms with Crippen LogP contribution in [-0.2, 0) is 28.7 Å². The number of anilines is 2. The van der Waals surface area contributed by atoms with Gasteiger partial charge in [-0.3, -0.25) is 19.2 Å². The van der Waals surface area contributed by atoms with E-state index in [4.69, 9.17) is 4.98 Å². The maximum absolute atomic E-state index is 12.5. The Morgan fingerprint density at radius 3 is 1.27 bits per heavy atom. The van der Waals surface area contributed by atoms with Crippen molar-refractivity contribution < 1.29 is 28.7 Å². The van der Waals surface area contributed by atoms with E-state index >= 15 is 0 Å². The third-order valence-corrected chi connectivity index (χ3v) is 7.71. The highest BCUT2D eigenvalue weighted by Crippen LogP contribution is 2.25. The summed E-state index contributed by atoms with van der Waals surface area (Å²) in [5, 5.41) is 7.93. The lowest BCUT2D eigenvalue weighted by molar-refractivity contribution is -0.141. The molecule has 0 atom stereocenters. The summed E-state index contributed by atoms with van der Waals surface area (Å²) in [6.45, 7) is 0. The lowest BCUT2D eigenvalue weighted by atomic mass is 10.1. The predicted octanol–water partition coefficient (Wildman–Crippen LogP) is 7.85. The largest absolute Gasteiger partial charge is 0.469 e. The van der Waals surface area contributed by atoms with E-state index in [1.807, 2.05) is 36.4 Å². The van der Waals surface area contributed by atoms with Crippen molar-refractivity contribution in [1.82, 2.24) is 4.98 Å². The number of nitrogens with zero attached hydrogens (tertiary/aromatic N) is 1. The molecule has 9 nitrogen and oxygen atoms in total. The molecule has 0 aliphatic rings. The Balaban J connectivity index is 1.40. The molecule has 0 aliphatic heterocycles. The van der Waals surface area contributed by atoms with Gasteiger partial charge in [0.25, 0.3) is 0 Å². The molecule has 3 aromatic rings. The molecular formula is C35H47N3O6. The normalized spacial score (nSPS) is 11.0. The van der Waals surface area contributed by atoms with E-state index in [2.05, 4.69) is 26.2 Å².